The van der Waals surface area contributed by atoms with Crippen LogP contribution in [-0.4, -0.2) is 10.8 Å². The van der Waals surface area contributed by atoms with Crippen LogP contribution in [0.15, 0.2) is 78.9 Å². The number of rotatable bonds is 6. The molecule has 0 saturated heterocycles. The molecule has 1 amide bonds. The van der Waals surface area contributed by atoms with Crippen molar-refractivity contribution in [1.82, 2.24) is 0 Å². The quantitative estimate of drug-likeness (QED) is 0.294. The number of hydrogen-bond acceptors (Lipinski definition) is 4. The second-order valence-electron chi connectivity index (χ2n) is 7.67. The molecule has 0 fully saturated rings. The Kier molecular flexibility index (Phi) is 5.85. The van der Waals surface area contributed by atoms with Crippen LogP contribution in [-0.2, 0) is 6.61 Å². The molecule has 0 heterocycles. The number of ether oxygens (including phenoxy) is 1. The summed E-state index contributed by atoms with van der Waals surface area (Å²) in [5.41, 5.74) is 3.88. The maximum Gasteiger partial charge on any atom is 0.273 e. The Balaban J connectivity index is 1.61. The molecule has 0 aliphatic carbocycles. The Labute approximate surface area is 185 Å². The Morgan fingerprint density at radius 1 is 0.938 bits per heavy atom. The number of aryl methyl sites for hydroxylation is 2. The zero-order valence-corrected chi connectivity index (χ0v) is 17.8. The van der Waals surface area contributed by atoms with Crippen LogP contribution in [0, 0.1) is 24.0 Å². The minimum atomic E-state index is -0.486. The van der Waals surface area contributed by atoms with E-state index in [-0.39, 0.29) is 24.0 Å². The molecule has 1 N–H and O–H groups in total. The van der Waals surface area contributed by atoms with Crippen LogP contribution in [0.5, 0.6) is 5.75 Å². The van der Waals surface area contributed by atoms with Crippen molar-refractivity contribution in [1.29, 1.82) is 0 Å². The molecule has 0 spiro atoms. The van der Waals surface area contributed by atoms with Gasteiger partial charge in [0.1, 0.15) is 12.4 Å². The summed E-state index contributed by atoms with van der Waals surface area (Å²) >= 11 is 0. The normalized spacial score (nSPS) is 10.7. The van der Waals surface area contributed by atoms with Crippen LogP contribution < -0.4 is 10.1 Å². The van der Waals surface area contributed by atoms with E-state index in [1.54, 1.807) is 6.07 Å². The predicted octanol–water partition coefficient (Wildman–Crippen LogP) is 6.20. The van der Waals surface area contributed by atoms with Gasteiger partial charge < -0.3 is 10.1 Å². The van der Waals surface area contributed by atoms with E-state index in [2.05, 4.69) is 5.32 Å². The molecular formula is C26H22N2O4. The number of nitrogens with one attached hydrogen (secondary N) is 1. The molecule has 4 aromatic carbocycles. The highest BCUT2D eigenvalue weighted by molar-refractivity contribution is 6.07. The van der Waals surface area contributed by atoms with E-state index in [4.69, 9.17) is 4.74 Å². The van der Waals surface area contributed by atoms with E-state index in [0.717, 1.165) is 27.5 Å². The molecule has 0 aliphatic heterocycles. The van der Waals surface area contributed by atoms with Gasteiger partial charge in [-0.25, -0.2) is 0 Å². The highest BCUT2D eigenvalue weighted by Crippen LogP contribution is 2.31. The van der Waals surface area contributed by atoms with Crippen molar-refractivity contribution < 1.29 is 14.5 Å². The molecule has 6 nitrogen and oxygen atoms in total. The summed E-state index contributed by atoms with van der Waals surface area (Å²) in [5.74, 6) is -0.0737. The summed E-state index contributed by atoms with van der Waals surface area (Å²) in [6, 6.07) is 23.4. The van der Waals surface area contributed by atoms with E-state index >= 15 is 0 Å². The molecule has 0 saturated carbocycles. The minimum absolute atomic E-state index is 0.107. The third-order valence-electron chi connectivity index (χ3n) is 5.32. The van der Waals surface area contributed by atoms with Crippen molar-refractivity contribution in [3.63, 3.8) is 0 Å². The van der Waals surface area contributed by atoms with E-state index in [0.29, 0.717) is 11.3 Å². The van der Waals surface area contributed by atoms with Gasteiger partial charge in [-0.3, -0.25) is 14.9 Å². The minimum Gasteiger partial charge on any atom is -0.486 e. The zero-order valence-electron chi connectivity index (χ0n) is 17.8. The number of nitro benzene ring substituents is 1. The second-order valence-corrected chi connectivity index (χ2v) is 7.67. The van der Waals surface area contributed by atoms with E-state index in [9.17, 15) is 14.9 Å². The molecular weight excluding hydrogens is 404 g/mol. The van der Waals surface area contributed by atoms with Gasteiger partial charge in [-0.05, 0) is 53.9 Å². The van der Waals surface area contributed by atoms with Gasteiger partial charge in [-0.1, -0.05) is 54.1 Å². The van der Waals surface area contributed by atoms with Crippen molar-refractivity contribution in [2.24, 2.45) is 0 Å². The molecule has 0 aliphatic rings. The van der Waals surface area contributed by atoms with E-state index in [1.807, 2.05) is 68.4 Å². The fourth-order valence-electron chi connectivity index (χ4n) is 3.48. The number of amides is 1. The van der Waals surface area contributed by atoms with Crippen molar-refractivity contribution in [2.45, 2.75) is 20.5 Å². The summed E-state index contributed by atoms with van der Waals surface area (Å²) in [6.45, 7) is 4.20. The molecule has 0 unspecified atom stereocenters. The van der Waals surface area contributed by atoms with Gasteiger partial charge in [0.15, 0.2) is 0 Å². The van der Waals surface area contributed by atoms with Crippen LogP contribution in [0.25, 0.3) is 10.8 Å². The topological polar surface area (TPSA) is 81.5 Å². The number of anilines is 1. The van der Waals surface area contributed by atoms with Crippen LogP contribution in [0.2, 0.25) is 0 Å². The molecule has 160 valence electrons. The average molecular weight is 426 g/mol. The smallest absolute Gasteiger partial charge is 0.273 e. The van der Waals surface area contributed by atoms with Crippen molar-refractivity contribution >= 4 is 28.1 Å². The van der Waals surface area contributed by atoms with Gasteiger partial charge in [0, 0.05) is 11.6 Å². The number of benzene rings is 4. The van der Waals surface area contributed by atoms with Gasteiger partial charge in [-0.2, -0.15) is 0 Å². The van der Waals surface area contributed by atoms with Crippen molar-refractivity contribution in [3.05, 3.63) is 111 Å². The lowest BCUT2D eigenvalue weighted by Gasteiger charge is -2.14. The molecule has 6 heteroatoms. The van der Waals surface area contributed by atoms with Crippen molar-refractivity contribution in [2.75, 3.05) is 5.32 Å². The van der Waals surface area contributed by atoms with Gasteiger partial charge in [0.05, 0.1) is 16.7 Å². The summed E-state index contributed by atoms with van der Waals surface area (Å²) < 4.78 is 5.94. The zero-order chi connectivity index (χ0) is 22.7. The highest BCUT2D eigenvalue weighted by Gasteiger charge is 2.16. The number of fused-ring (bicyclic) bond motifs is 1. The number of nitrogens with zero attached hydrogens (tertiary/aromatic N) is 1. The largest absolute Gasteiger partial charge is 0.486 e. The lowest BCUT2D eigenvalue weighted by atomic mass is 10.1. The Hall–Kier alpha value is -4.19. The highest BCUT2D eigenvalue weighted by atomic mass is 16.6. The Morgan fingerprint density at radius 3 is 2.50 bits per heavy atom. The summed E-state index contributed by atoms with van der Waals surface area (Å²) in [6.07, 6.45) is 0. The third kappa shape index (κ3) is 4.59. The van der Waals surface area contributed by atoms with Gasteiger partial charge in [0.2, 0.25) is 0 Å². The first kappa shape index (κ1) is 21.1. The first-order valence-corrected chi connectivity index (χ1v) is 10.2. The van der Waals surface area contributed by atoms with Crippen molar-refractivity contribution in [3.8, 4) is 5.75 Å². The molecule has 32 heavy (non-hydrogen) atoms. The number of carbonyl (C=O) groups excluding carboxylic acids is 1. The number of hydrogen-bond donors (Lipinski definition) is 1. The molecule has 4 rings (SSSR count). The maximum atomic E-state index is 12.9. The summed E-state index contributed by atoms with van der Waals surface area (Å²) in [5, 5.41) is 16.1. The maximum absolute atomic E-state index is 12.9. The Bertz CT molecular complexity index is 1330. The molecule has 0 bridgehead atoms. The first-order chi connectivity index (χ1) is 15.4. The SMILES string of the molecule is Cc1ccc(C)c(COc2cc([N+](=O)[O-])ccc2NC(=O)c2ccc3ccccc3c2)c1. The van der Waals surface area contributed by atoms with Crippen LogP contribution in [0.4, 0.5) is 11.4 Å². The fourth-order valence-corrected chi connectivity index (χ4v) is 3.48. The number of non-ortho nitro benzene ring substituents is 1. The number of nitro groups is 1. The van der Waals surface area contributed by atoms with E-state index < -0.39 is 4.92 Å². The standard InChI is InChI=1S/C26H22N2O4/c1-17-7-8-18(2)22(13-17)16-32-25-15-23(28(30)31)11-12-24(25)27-26(29)21-10-9-19-5-3-4-6-20(19)14-21/h3-15H,16H2,1-2H3,(H,27,29). The van der Waals surface area contributed by atoms with Crippen LogP contribution >= 0.6 is 0 Å². The third-order valence-corrected chi connectivity index (χ3v) is 5.32. The monoisotopic (exact) mass is 426 g/mol. The Morgan fingerprint density at radius 2 is 1.72 bits per heavy atom. The predicted molar refractivity (Wildman–Crippen MR) is 125 cm³/mol. The van der Waals surface area contributed by atoms with E-state index in [1.165, 1.54) is 18.2 Å². The molecule has 0 aromatic heterocycles. The lowest BCUT2D eigenvalue weighted by Crippen LogP contribution is -2.13. The first-order valence-electron chi connectivity index (χ1n) is 10.2. The van der Waals surface area contributed by atoms with Gasteiger partial charge in [-0.15, -0.1) is 0 Å². The molecule has 0 atom stereocenters. The molecule has 0 radical (unpaired) electrons. The molecule has 4 aromatic rings. The summed E-state index contributed by atoms with van der Waals surface area (Å²) in [7, 11) is 0. The lowest BCUT2D eigenvalue weighted by molar-refractivity contribution is -0.384. The van der Waals surface area contributed by atoms with Gasteiger partial charge >= 0.3 is 0 Å². The fraction of sp³-hybridized carbons (Fsp3) is 0.115. The van der Waals surface area contributed by atoms with Gasteiger partial charge in [0.25, 0.3) is 11.6 Å². The summed E-state index contributed by atoms with van der Waals surface area (Å²) in [4.78, 5) is 23.7. The second kappa shape index (κ2) is 8.89. The number of carbonyl (C=O) groups is 1. The average Bonchev–Trinajstić information content (AvgIpc) is 2.79. The van der Waals surface area contributed by atoms with Crippen LogP contribution in [0.3, 0.4) is 0 Å². The van der Waals surface area contributed by atoms with Crippen LogP contribution in [0.1, 0.15) is 27.0 Å².